The van der Waals surface area contributed by atoms with E-state index in [1.165, 1.54) is 6.07 Å². The van der Waals surface area contributed by atoms with Crippen molar-refractivity contribution in [2.75, 3.05) is 24.2 Å². The van der Waals surface area contributed by atoms with Crippen molar-refractivity contribution < 1.29 is 22.5 Å². The molecule has 0 atom stereocenters. The Labute approximate surface area is 146 Å². The number of aromatic nitrogens is 1. The summed E-state index contributed by atoms with van der Waals surface area (Å²) in [4.78, 5) is 12.0. The van der Waals surface area contributed by atoms with Crippen LogP contribution in [0.25, 0.3) is 0 Å². The van der Waals surface area contributed by atoms with Gasteiger partial charge < -0.3 is 14.6 Å². The zero-order chi connectivity index (χ0) is 18.4. The van der Waals surface area contributed by atoms with Crippen molar-refractivity contribution in [1.82, 2.24) is 10.5 Å². The van der Waals surface area contributed by atoms with Gasteiger partial charge in [0.1, 0.15) is 11.5 Å². The van der Waals surface area contributed by atoms with Crippen molar-refractivity contribution in [3.63, 3.8) is 0 Å². The lowest BCUT2D eigenvalue weighted by molar-refractivity contribution is -0.121. The van der Waals surface area contributed by atoms with Gasteiger partial charge in [-0.05, 0) is 24.6 Å². The van der Waals surface area contributed by atoms with Gasteiger partial charge in [-0.25, -0.2) is 8.42 Å². The number of sulfonamides is 1. The average molecular weight is 367 g/mol. The molecule has 1 aromatic carbocycles. The molecule has 0 bridgehead atoms. The van der Waals surface area contributed by atoms with Crippen molar-refractivity contribution in [2.24, 2.45) is 0 Å². The lowest BCUT2D eigenvalue weighted by atomic mass is 10.2. The SMILES string of the molecule is COc1ccc(CNC(=O)CCN(c2cc(C)on2)S(C)(=O)=O)cc1. The molecule has 2 rings (SSSR count). The van der Waals surface area contributed by atoms with Crippen LogP contribution in [0.3, 0.4) is 0 Å². The second-order valence-electron chi connectivity index (χ2n) is 5.51. The third-order valence-corrected chi connectivity index (χ3v) is 4.63. The highest BCUT2D eigenvalue weighted by atomic mass is 32.2. The standard InChI is InChI=1S/C16H21N3O5S/c1-12-10-15(18-24-12)19(25(3,21)22)9-8-16(20)17-11-13-4-6-14(23-2)7-5-13/h4-7,10H,8-9,11H2,1-3H3,(H,17,20). The first-order valence-electron chi connectivity index (χ1n) is 7.60. The number of carbonyl (C=O) groups excluding carboxylic acids is 1. The number of benzene rings is 1. The molecule has 136 valence electrons. The van der Waals surface area contributed by atoms with Crippen LogP contribution in [0, 0.1) is 6.92 Å². The number of ether oxygens (including phenoxy) is 1. The van der Waals surface area contributed by atoms with Crippen LogP contribution in [-0.2, 0) is 21.4 Å². The summed E-state index contributed by atoms with van der Waals surface area (Å²) in [5.41, 5.74) is 0.918. The molecular formula is C16H21N3O5S. The molecule has 0 fully saturated rings. The van der Waals surface area contributed by atoms with Crippen molar-refractivity contribution in [3.8, 4) is 5.75 Å². The zero-order valence-corrected chi connectivity index (χ0v) is 15.2. The highest BCUT2D eigenvalue weighted by Crippen LogP contribution is 2.17. The fourth-order valence-electron chi connectivity index (χ4n) is 2.16. The molecule has 1 N–H and O–H groups in total. The lowest BCUT2D eigenvalue weighted by Crippen LogP contribution is -2.34. The molecule has 8 nitrogen and oxygen atoms in total. The summed E-state index contributed by atoms with van der Waals surface area (Å²) in [6, 6.07) is 8.82. The van der Waals surface area contributed by atoms with E-state index in [0.717, 1.165) is 21.9 Å². The molecule has 0 aliphatic rings. The Hall–Kier alpha value is -2.55. The van der Waals surface area contributed by atoms with Crippen LogP contribution in [0.5, 0.6) is 5.75 Å². The molecule has 1 amide bonds. The summed E-state index contributed by atoms with van der Waals surface area (Å²) in [5.74, 6) is 1.14. The topological polar surface area (TPSA) is 102 Å². The molecule has 0 saturated carbocycles. The Bertz CT molecular complexity index is 815. The van der Waals surface area contributed by atoms with Crippen LogP contribution in [-0.4, -0.2) is 39.4 Å². The van der Waals surface area contributed by atoms with Crippen molar-refractivity contribution in [1.29, 1.82) is 0 Å². The molecule has 25 heavy (non-hydrogen) atoms. The van der Waals surface area contributed by atoms with E-state index in [4.69, 9.17) is 9.26 Å². The maximum absolute atomic E-state index is 12.0. The fourth-order valence-corrected chi connectivity index (χ4v) is 3.01. The normalized spacial score (nSPS) is 11.2. The summed E-state index contributed by atoms with van der Waals surface area (Å²) in [6.07, 6.45) is 1.07. The predicted octanol–water partition coefficient (Wildman–Crippen LogP) is 1.46. The highest BCUT2D eigenvalue weighted by molar-refractivity contribution is 7.92. The second kappa shape index (κ2) is 8.02. The van der Waals surface area contributed by atoms with Crippen molar-refractivity contribution in [2.45, 2.75) is 19.9 Å². The highest BCUT2D eigenvalue weighted by Gasteiger charge is 2.21. The number of methoxy groups -OCH3 is 1. The number of carbonyl (C=O) groups is 1. The monoisotopic (exact) mass is 367 g/mol. The van der Waals surface area contributed by atoms with Crippen molar-refractivity contribution in [3.05, 3.63) is 41.7 Å². The number of aryl methyl sites for hydroxylation is 1. The van der Waals surface area contributed by atoms with Gasteiger partial charge >= 0.3 is 0 Å². The largest absolute Gasteiger partial charge is 0.497 e. The van der Waals surface area contributed by atoms with Gasteiger partial charge in [0.15, 0.2) is 5.82 Å². The first-order valence-corrected chi connectivity index (χ1v) is 9.45. The van der Waals surface area contributed by atoms with E-state index < -0.39 is 10.0 Å². The third kappa shape index (κ3) is 5.49. The quantitative estimate of drug-likeness (QED) is 0.758. The minimum atomic E-state index is -3.56. The Morgan fingerprint density at radius 3 is 2.52 bits per heavy atom. The molecule has 0 unspecified atom stereocenters. The maximum Gasteiger partial charge on any atom is 0.233 e. The molecule has 0 spiro atoms. The number of rotatable bonds is 8. The van der Waals surface area contributed by atoms with Gasteiger partial charge in [-0.15, -0.1) is 0 Å². The van der Waals surface area contributed by atoms with E-state index >= 15 is 0 Å². The molecule has 1 heterocycles. The van der Waals surface area contributed by atoms with Gasteiger partial charge in [0.2, 0.25) is 15.9 Å². The van der Waals surface area contributed by atoms with E-state index in [1.807, 2.05) is 12.1 Å². The number of nitrogens with one attached hydrogen (secondary N) is 1. The summed E-state index contributed by atoms with van der Waals surface area (Å²) in [5, 5.41) is 6.45. The van der Waals surface area contributed by atoms with Gasteiger partial charge in [-0.3, -0.25) is 9.10 Å². The van der Waals surface area contributed by atoms with Crippen LogP contribution in [0.4, 0.5) is 5.82 Å². The Morgan fingerprint density at radius 2 is 2.00 bits per heavy atom. The van der Waals surface area contributed by atoms with E-state index in [1.54, 1.807) is 26.2 Å². The molecule has 0 radical (unpaired) electrons. The molecular weight excluding hydrogens is 346 g/mol. The Balaban J connectivity index is 1.90. The summed E-state index contributed by atoms with van der Waals surface area (Å²) >= 11 is 0. The average Bonchev–Trinajstić information content (AvgIpc) is 2.98. The van der Waals surface area contributed by atoms with Crippen LogP contribution in [0.1, 0.15) is 17.7 Å². The lowest BCUT2D eigenvalue weighted by Gasteiger charge is -2.18. The van der Waals surface area contributed by atoms with Crippen LogP contribution < -0.4 is 14.4 Å². The number of hydrogen-bond donors (Lipinski definition) is 1. The van der Waals surface area contributed by atoms with Gasteiger partial charge in [-0.1, -0.05) is 17.3 Å². The summed E-state index contributed by atoms with van der Waals surface area (Å²) in [6.45, 7) is 2.00. The minimum Gasteiger partial charge on any atom is -0.497 e. The molecule has 1 aromatic heterocycles. The third-order valence-electron chi connectivity index (χ3n) is 3.46. The van der Waals surface area contributed by atoms with Gasteiger partial charge in [0.25, 0.3) is 0 Å². The van der Waals surface area contributed by atoms with E-state index in [0.29, 0.717) is 12.3 Å². The number of amides is 1. The summed E-state index contributed by atoms with van der Waals surface area (Å²) < 4.78 is 34.8. The Morgan fingerprint density at radius 1 is 1.32 bits per heavy atom. The summed E-state index contributed by atoms with van der Waals surface area (Å²) in [7, 11) is -1.97. The van der Waals surface area contributed by atoms with E-state index in [-0.39, 0.29) is 24.7 Å². The predicted molar refractivity (Wildman–Crippen MR) is 92.9 cm³/mol. The number of anilines is 1. The maximum atomic E-state index is 12.0. The number of nitrogens with zero attached hydrogens (tertiary/aromatic N) is 2. The van der Waals surface area contributed by atoms with Gasteiger partial charge in [0.05, 0.1) is 13.4 Å². The van der Waals surface area contributed by atoms with Gasteiger partial charge in [0, 0.05) is 25.6 Å². The Kier molecular flexibility index (Phi) is 6.02. The number of hydrogen-bond acceptors (Lipinski definition) is 6. The van der Waals surface area contributed by atoms with Gasteiger partial charge in [-0.2, -0.15) is 0 Å². The molecule has 9 heteroatoms. The second-order valence-corrected chi connectivity index (χ2v) is 7.41. The first kappa shape index (κ1) is 18.8. The molecule has 0 aliphatic heterocycles. The van der Waals surface area contributed by atoms with E-state index in [2.05, 4.69) is 10.5 Å². The first-order chi connectivity index (χ1) is 11.8. The molecule has 0 aliphatic carbocycles. The van der Waals surface area contributed by atoms with Crippen LogP contribution >= 0.6 is 0 Å². The fraction of sp³-hybridized carbons (Fsp3) is 0.375. The van der Waals surface area contributed by atoms with Crippen molar-refractivity contribution >= 4 is 21.7 Å². The van der Waals surface area contributed by atoms with E-state index in [9.17, 15) is 13.2 Å². The van der Waals surface area contributed by atoms with Crippen LogP contribution in [0.15, 0.2) is 34.9 Å². The van der Waals surface area contributed by atoms with Crippen LogP contribution in [0.2, 0.25) is 0 Å². The minimum absolute atomic E-state index is 0.00906. The zero-order valence-electron chi connectivity index (χ0n) is 14.4. The molecule has 0 saturated heterocycles. The molecule has 2 aromatic rings. The smallest absolute Gasteiger partial charge is 0.233 e.